The summed E-state index contributed by atoms with van der Waals surface area (Å²) < 4.78 is 5.55. The summed E-state index contributed by atoms with van der Waals surface area (Å²) in [5.74, 6) is -0.689. The van der Waals surface area contributed by atoms with Crippen molar-refractivity contribution in [1.82, 2.24) is 4.90 Å². The van der Waals surface area contributed by atoms with Gasteiger partial charge in [-0.15, -0.1) is 0 Å². The number of carbonyl (C=O) groups excluding carboxylic acids is 3. The number of benzene rings is 3. The first-order valence-electron chi connectivity index (χ1n) is 12.6. The molecule has 8 heteroatoms. The molecule has 198 valence electrons. The normalized spacial score (nSPS) is 15.0. The van der Waals surface area contributed by atoms with Gasteiger partial charge in [0, 0.05) is 40.0 Å². The highest BCUT2D eigenvalue weighted by molar-refractivity contribution is 6.30. The number of hydrogen-bond donors (Lipinski definition) is 1. The molecule has 7 nitrogen and oxygen atoms in total. The third-order valence-electron chi connectivity index (χ3n) is 6.57. The van der Waals surface area contributed by atoms with E-state index in [0.717, 1.165) is 29.7 Å². The summed E-state index contributed by atoms with van der Waals surface area (Å²) in [6, 6.07) is 19.8. The number of amides is 2. The van der Waals surface area contributed by atoms with Gasteiger partial charge in [0.25, 0.3) is 11.8 Å². The van der Waals surface area contributed by atoms with Crippen molar-refractivity contribution >= 4 is 40.8 Å². The van der Waals surface area contributed by atoms with Gasteiger partial charge in [0.1, 0.15) is 0 Å². The molecule has 0 saturated heterocycles. The lowest BCUT2D eigenvalue weighted by molar-refractivity contribution is -0.144. The highest BCUT2D eigenvalue weighted by Crippen LogP contribution is 2.37. The first-order chi connectivity index (χ1) is 18.2. The Hall–Kier alpha value is -3.68. The molecule has 4 rings (SSSR count). The van der Waals surface area contributed by atoms with Crippen LogP contribution in [0.25, 0.3) is 0 Å². The van der Waals surface area contributed by atoms with Crippen molar-refractivity contribution in [2.45, 2.75) is 25.7 Å². The Morgan fingerprint density at radius 1 is 1.05 bits per heavy atom. The first-order valence-corrected chi connectivity index (χ1v) is 13.0. The predicted molar refractivity (Wildman–Crippen MR) is 150 cm³/mol. The standard InChI is InChI=1S/C30H32ClN3O4/c1-20-7-4-5-9-25(20)29(36)32-24-13-10-21(11-14-24)30(37)34-16-6-8-22(19-38-28(35)18-33(2)3)26-17-23(31)12-15-27(26)34/h4-5,7,9-15,17,22H,6,8,16,18-19H2,1-3H3,(H,32,36). The molecule has 38 heavy (non-hydrogen) atoms. The SMILES string of the molecule is Cc1ccccc1C(=O)Nc1ccc(C(=O)N2CCCC(COC(=O)CN(C)C)c3cc(Cl)ccc32)cc1. The molecule has 2 amide bonds. The second-order valence-corrected chi connectivity index (χ2v) is 10.2. The van der Waals surface area contributed by atoms with E-state index in [1.807, 2.05) is 51.4 Å². The van der Waals surface area contributed by atoms with Crippen LogP contribution < -0.4 is 10.2 Å². The highest BCUT2D eigenvalue weighted by atomic mass is 35.5. The topological polar surface area (TPSA) is 79.0 Å². The van der Waals surface area contributed by atoms with E-state index in [1.165, 1.54) is 0 Å². The second-order valence-electron chi connectivity index (χ2n) is 9.77. The van der Waals surface area contributed by atoms with E-state index in [4.69, 9.17) is 16.3 Å². The summed E-state index contributed by atoms with van der Waals surface area (Å²) >= 11 is 6.33. The van der Waals surface area contributed by atoms with Crippen molar-refractivity contribution in [3.05, 3.63) is 94.0 Å². The average Bonchev–Trinajstić information content (AvgIpc) is 3.06. The van der Waals surface area contributed by atoms with Crippen LogP contribution >= 0.6 is 11.6 Å². The number of nitrogens with one attached hydrogen (secondary N) is 1. The fourth-order valence-corrected chi connectivity index (χ4v) is 4.81. The molecule has 0 fully saturated rings. The largest absolute Gasteiger partial charge is 0.464 e. The van der Waals surface area contributed by atoms with Crippen molar-refractivity contribution in [1.29, 1.82) is 0 Å². The van der Waals surface area contributed by atoms with Crippen molar-refractivity contribution in [3.8, 4) is 0 Å². The van der Waals surface area contributed by atoms with Crippen LogP contribution in [0.1, 0.15) is 50.6 Å². The quantitative estimate of drug-likeness (QED) is 0.404. The van der Waals surface area contributed by atoms with Gasteiger partial charge in [0.05, 0.1) is 13.2 Å². The summed E-state index contributed by atoms with van der Waals surface area (Å²) in [4.78, 5) is 41.9. The molecule has 0 spiro atoms. The minimum absolute atomic E-state index is 0.0633. The molecule has 1 aliphatic heterocycles. The van der Waals surface area contributed by atoms with Gasteiger partial charge in [0.2, 0.25) is 0 Å². The number of esters is 1. The van der Waals surface area contributed by atoms with Crippen LogP contribution in [0.4, 0.5) is 11.4 Å². The summed E-state index contributed by atoms with van der Waals surface area (Å²) in [5.41, 5.74) is 4.27. The van der Waals surface area contributed by atoms with Gasteiger partial charge in [-0.3, -0.25) is 19.3 Å². The van der Waals surface area contributed by atoms with Crippen LogP contribution in [0.3, 0.4) is 0 Å². The third-order valence-corrected chi connectivity index (χ3v) is 6.80. The molecule has 0 bridgehead atoms. The molecule has 1 aliphatic rings. The van der Waals surface area contributed by atoms with Crippen LogP contribution in [-0.2, 0) is 9.53 Å². The Kier molecular flexibility index (Phi) is 8.81. The summed E-state index contributed by atoms with van der Waals surface area (Å²) in [5, 5.41) is 3.46. The van der Waals surface area contributed by atoms with Gasteiger partial charge in [-0.25, -0.2) is 0 Å². The number of carbonyl (C=O) groups is 3. The number of aryl methyl sites for hydroxylation is 1. The zero-order valence-corrected chi connectivity index (χ0v) is 22.6. The molecule has 0 aromatic heterocycles. The molecule has 0 aliphatic carbocycles. The smallest absolute Gasteiger partial charge is 0.320 e. The number of hydrogen-bond acceptors (Lipinski definition) is 5. The number of nitrogens with zero attached hydrogens (tertiary/aromatic N) is 2. The van der Waals surface area contributed by atoms with Crippen molar-refractivity contribution in [2.75, 3.05) is 44.0 Å². The highest BCUT2D eigenvalue weighted by Gasteiger charge is 2.28. The number of rotatable bonds is 7. The summed E-state index contributed by atoms with van der Waals surface area (Å²) in [6.45, 7) is 2.86. The monoisotopic (exact) mass is 533 g/mol. The Morgan fingerprint density at radius 3 is 2.50 bits per heavy atom. The number of likely N-dealkylation sites (N-methyl/N-ethyl adjacent to an activating group) is 1. The molecular weight excluding hydrogens is 502 g/mol. The van der Waals surface area contributed by atoms with Crippen molar-refractivity contribution in [2.24, 2.45) is 0 Å². The average molecular weight is 534 g/mol. The lowest BCUT2D eigenvalue weighted by Gasteiger charge is -2.25. The second kappa shape index (κ2) is 12.2. The minimum Gasteiger partial charge on any atom is -0.464 e. The first kappa shape index (κ1) is 27.4. The maximum atomic E-state index is 13.6. The van der Waals surface area contributed by atoms with E-state index in [-0.39, 0.29) is 36.9 Å². The fourth-order valence-electron chi connectivity index (χ4n) is 4.63. The van der Waals surface area contributed by atoms with Gasteiger partial charge in [-0.05, 0) is 93.5 Å². The zero-order valence-electron chi connectivity index (χ0n) is 21.9. The molecule has 0 radical (unpaired) electrons. The van der Waals surface area contributed by atoms with Crippen LogP contribution in [0.2, 0.25) is 5.02 Å². The van der Waals surface area contributed by atoms with Crippen LogP contribution in [0.15, 0.2) is 66.7 Å². The number of ether oxygens (including phenoxy) is 1. The Labute approximate surface area is 228 Å². The minimum atomic E-state index is -0.287. The van der Waals surface area contributed by atoms with E-state index in [2.05, 4.69) is 5.32 Å². The predicted octanol–water partition coefficient (Wildman–Crippen LogP) is 5.53. The van der Waals surface area contributed by atoms with Crippen LogP contribution in [0, 0.1) is 6.92 Å². The van der Waals surface area contributed by atoms with Gasteiger partial charge < -0.3 is 15.0 Å². The fraction of sp³-hybridized carbons (Fsp3) is 0.300. The van der Waals surface area contributed by atoms with Gasteiger partial charge in [0.15, 0.2) is 0 Å². The summed E-state index contributed by atoms with van der Waals surface area (Å²) in [7, 11) is 3.63. The van der Waals surface area contributed by atoms with E-state index in [1.54, 1.807) is 46.2 Å². The molecule has 1 unspecified atom stereocenters. The molecular formula is C30H32ClN3O4. The van der Waals surface area contributed by atoms with Crippen molar-refractivity contribution in [3.63, 3.8) is 0 Å². The molecule has 1 heterocycles. The molecule has 3 aromatic rings. The summed E-state index contributed by atoms with van der Waals surface area (Å²) in [6.07, 6.45) is 1.51. The Morgan fingerprint density at radius 2 is 1.79 bits per heavy atom. The number of anilines is 2. The van der Waals surface area contributed by atoms with E-state index < -0.39 is 0 Å². The van der Waals surface area contributed by atoms with E-state index in [9.17, 15) is 14.4 Å². The zero-order chi connectivity index (χ0) is 27.2. The number of halogens is 1. The maximum absolute atomic E-state index is 13.6. The number of fused-ring (bicyclic) bond motifs is 1. The lowest BCUT2D eigenvalue weighted by Crippen LogP contribution is -2.31. The van der Waals surface area contributed by atoms with Gasteiger partial charge in [-0.2, -0.15) is 0 Å². The van der Waals surface area contributed by atoms with E-state index >= 15 is 0 Å². The Bertz CT molecular complexity index is 1320. The molecule has 0 saturated carbocycles. The lowest BCUT2D eigenvalue weighted by atomic mass is 9.95. The molecule has 1 N–H and O–H groups in total. The molecule has 3 aromatic carbocycles. The maximum Gasteiger partial charge on any atom is 0.320 e. The van der Waals surface area contributed by atoms with Crippen molar-refractivity contribution < 1.29 is 19.1 Å². The van der Waals surface area contributed by atoms with Crippen LogP contribution in [-0.4, -0.2) is 56.5 Å². The van der Waals surface area contributed by atoms with Gasteiger partial charge in [-0.1, -0.05) is 29.8 Å². The Balaban J connectivity index is 1.51. The van der Waals surface area contributed by atoms with Crippen LogP contribution in [0.5, 0.6) is 0 Å². The molecule has 1 atom stereocenters. The van der Waals surface area contributed by atoms with Gasteiger partial charge >= 0.3 is 5.97 Å². The third kappa shape index (κ3) is 6.60. The van der Waals surface area contributed by atoms with E-state index in [0.29, 0.717) is 28.4 Å².